The van der Waals surface area contributed by atoms with Gasteiger partial charge >= 0.3 is 5.97 Å². The number of carbonyl (C=O) groups is 3. The highest BCUT2D eigenvalue weighted by Crippen LogP contribution is 2.42. The van der Waals surface area contributed by atoms with Gasteiger partial charge in [-0.15, -0.1) is 0 Å². The highest BCUT2D eigenvalue weighted by atomic mass is 16.5. The van der Waals surface area contributed by atoms with Gasteiger partial charge in [-0.05, 0) is 79.6 Å². The van der Waals surface area contributed by atoms with Gasteiger partial charge in [0, 0.05) is 11.3 Å². The Morgan fingerprint density at radius 3 is 2.11 bits per heavy atom. The molecule has 1 atom stereocenters. The van der Waals surface area contributed by atoms with E-state index in [2.05, 4.69) is 0 Å². The van der Waals surface area contributed by atoms with Gasteiger partial charge < -0.3 is 19.7 Å². The Morgan fingerprint density at radius 1 is 0.892 bits per heavy atom. The summed E-state index contributed by atoms with van der Waals surface area (Å²) in [6, 6.07) is 17.8. The zero-order chi connectivity index (χ0) is 26.5. The average Bonchev–Trinajstić information content (AvgIpc) is 3.18. The molecular formula is C29H27NO7. The van der Waals surface area contributed by atoms with E-state index in [0.717, 1.165) is 0 Å². The molecule has 2 N–H and O–H groups in total. The van der Waals surface area contributed by atoms with Gasteiger partial charge in [0.25, 0.3) is 11.7 Å². The lowest BCUT2D eigenvalue weighted by molar-refractivity contribution is -0.132. The fourth-order valence-corrected chi connectivity index (χ4v) is 4.14. The number of benzene rings is 3. The number of aromatic hydroxyl groups is 1. The Labute approximate surface area is 214 Å². The van der Waals surface area contributed by atoms with E-state index in [1.54, 1.807) is 48.5 Å². The lowest BCUT2D eigenvalue weighted by Crippen LogP contribution is -2.29. The van der Waals surface area contributed by atoms with Gasteiger partial charge in [0.15, 0.2) is 0 Å². The number of ketones is 1. The number of amides is 1. The van der Waals surface area contributed by atoms with E-state index in [9.17, 15) is 24.6 Å². The summed E-state index contributed by atoms with van der Waals surface area (Å²) in [6.07, 6.45) is 0.690. The molecule has 3 aromatic carbocycles. The van der Waals surface area contributed by atoms with Crippen molar-refractivity contribution in [3.63, 3.8) is 0 Å². The predicted molar refractivity (Wildman–Crippen MR) is 138 cm³/mol. The lowest BCUT2D eigenvalue weighted by Gasteiger charge is -2.25. The van der Waals surface area contributed by atoms with Crippen molar-refractivity contribution < 1.29 is 34.1 Å². The Balaban J connectivity index is 1.79. The van der Waals surface area contributed by atoms with Crippen molar-refractivity contribution >= 4 is 29.1 Å². The van der Waals surface area contributed by atoms with Crippen molar-refractivity contribution in [2.75, 3.05) is 18.1 Å². The quantitative estimate of drug-likeness (QED) is 0.194. The van der Waals surface area contributed by atoms with Crippen LogP contribution in [0.1, 0.15) is 47.8 Å². The number of hydrogen-bond acceptors (Lipinski definition) is 7. The molecule has 8 heteroatoms. The standard InChI is InChI=1S/C29H27NO7/c1-3-17-37-29(35)20-5-11-21(12-6-20)30-25(18-7-13-22(31)14-8-18)24(27(33)28(30)34)26(32)19-9-15-23(16-10-19)36-4-2/h5-16,25,31-32H,3-4,17H2,1-2H3/b26-24+. The third-order valence-electron chi connectivity index (χ3n) is 5.91. The number of phenols is 1. The van der Waals surface area contributed by atoms with E-state index < -0.39 is 23.7 Å². The molecule has 1 amide bonds. The molecule has 190 valence electrons. The molecule has 0 aromatic heterocycles. The summed E-state index contributed by atoms with van der Waals surface area (Å²) in [7, 11) is 0. The molecule has 0 aliphatic carbocycles. The lowest BCUT2D eigenvalue weighted by atomic mass is 9.95. The second-order valence-electron chi connectivity index (χ2n) is 8.40. The molecule has 0 saturated carbocycles. The molecule has 37 heavy (non-hydrogen) atoms. The molecule has 1 fully saturated rings. The Kier molecular flexibility index (Phi) is 7.57. The highest BCUT2D eigenvalue weighted by molar-refractivity contribution is 6.51. The maximum atomic E-state index is 13.3. The van der Waals surface area contributed by atoms with Gasteiger partial charge in [-0.2, -0.15) is 0 Å². The molecule has 1 aliphatic rings. The summed E-state index contributed by atoms with van der Waals surface area (Å²) < 4.78 is 10.6. The number of anilines is 1. The number of nitrogens with zero attached hydrogens (tertiary/aromatic N) is 1. The number of rotatable bonds is 8. The van der Waals surface area contributed by atoms with Crippen molar-refractivity contribution in [2.24, 2.45) is 0 Å². The van der Waals surface area contributed by atoms with Crippen LogP contribution in [0.15, 0.2) is 78.4 Å². The molecular weight excluding hydrogens is 474 g/mol. The molecule has 1 heterocycles. The Bertz CT molecular complexity index is 1330. The zero-order valence-corrected chi connectivity index (χ0v) is 20.5. The van der Waals surface area contributed by atoms with Crippen LogP contribution in [-0.4, -0.2) is 41.1 Å². The number of hydrogen-bond donors (Lipinski definition) is 2. The summed E-state index contributed by atoms with van der Waals surface area (Å²) in [4.78, 5) is 40.0. The first-order chi connectivity index (χ1) is 17.8. The Hall–Kier alpha value is -4.59. The molecule has 0 spiro atoms. The molecule has 8 nitrogen and oxygen atoms in total. The Morgan fingerprint density at radius 2 is 1.51 bits per heavy atom. The number of carbonyl (C=O) groups excluding carboxylic acids is 3. The molecule has 0 bridgehead atoms. The van der Waals surface area contributed by atoms with Crippen molar-refractivity contribution in [2.45, 2.75) is 26.3 Å². The third-order valence-corrected chi connectivity index (χ3v) is 5.91. The zero-order valence-electron chi connectivity index (χ0n) is 20.5. The molecule has 0 radical (unpaired) electrons. The van der Waals surface area contributed by atoms with Crippen LogP contribution < -0.4 is 9.64 Å². The first-order valence-electron chi connectivity index (χ1n) is 12.0. The number of esters is 1. The minimum atomic E-state index is -0.968. The van der Waals surface area contributed by atoms with Crippen molar-refractivity contribution in [3.05, 3.63) is 95.1 Å². The predicted octanol–water partition coefficient (Wildman–Crippen LogP) is 4.98. The number of Topliss-reactive ketones (excluding diaryl/α,β-unsaturated/α-hetero) is 1. The normalized spacial score (nSPS) is 16.6. The topological polar surface area (TPSA) is 113 Å². The van der Waals surface area contributed by atoms with Crippen LogP contribution in [0.3, 0.4) is 0 Å². The van der Waals surface area contributed by atoms with Gasteiger partial charge in [-0.25, -0.2) is 4.79 Å². The van der Waals surface area contributed by atoms with E-state index in [-0.39, 0.29) is 17.1 Å². The van der Waals surface area contributed by atoms with Crippen LogP contribution in [-0.2, 0) is 14.3 Å². The van der Waals surface area contributed by atoms with Crippen LogP contribution in [0, 0.1) is 0 Å². The van der Waals surface area contributed by atoms with Gasteiger partial charge in [0.1, 0.15) is 17.3 Å². The summed E-state index contributed by atoms with van der Waals surface area (Å²) in [5.41, 5.74) is 1.43. The number of phenolic OH excluding ortho intramolecular Hbond substituents is 1. The van der Waals surface area contributed by atoms with Crippen LogP contribution >= 0.6 is 0 Å². The fraction of sp³-hybridized carbons (Fsp3) is 0.207. The van der Waals surface area contributed by atoms with E-state index in [0.29, 0.717) is 47.8 Å². The minimum absolute atomic E-state index is 0.0159. The van der Waals surface area contributed by atoms with E-state index in [1.165, 1.54) is 29.2 Å². The summed E-state index contributed by atoms with van der Waals surface area (Å²) >= 11 is 0. The maximum absolute atomic E-state index is 13.3. The second kappa shape index (κ2) is 11.0. The molecule has 4 rings (SSSR count). The van der Waals surface area contributed by atoms with Gasteiger partial charge in [0.2, 0.25) is 0 Å². The van der Waals surface area contributed by atoms with Crippen LogP contribution in [0.2, 0.25) is 0 Å². The number of ether oxygens (including phenoxy) is 2. The van der Waals surface area contributed by atoms with Gasteiger partial charge in [0.05, 0.1) is 30.4 Å². The summed E-state index contributed by atoms with van der Waals surface area (Å²) in [5, 5.41) is 21.0. The maximum Gasteiger partial charge on any atom is 0.338 e. The molecule has 1 saturated heterocycles. The number of aliphatic hydroxyl groups is 1. The fourth-order valence-electron chi connectivity index (χ4n) is 4.14. The van der Waals surface area contributed by atoms with E-state index in [4.69, 9.17) is 9.47 Å². The van der Waals surface area contributed by atoms with E-state index in [1.807, 2.05) is 13.8 Å². The van der Waals surface area contributed by atoms with Crippen LogP contribution in [0.4, 0.5) is 5.69 Å². The average molecular weight is 502 g/mol. The smallest absolute Gasteiger partial charge is 0.338 e. The van der Waals surface area contributed by atoms with E-state index >= 15 is 0 Å². The third kappa shape index (κ3) is 5.18. The molecule has 1 unspecified atom stereocenters. The first-order valence-corrected chi connectivity index (χ1v) is 12.0. The van der Waals surface area contributed by atoms with Crippen molar-refractivity contribution in [3.8, 4) is 11.5 Å². The SMILES string of the molecule is CCCOC(=O)c1ccc(N2C(=O)C(=O)/C(=C(/O)c3ccc(OCC)cc3)C2c2ccc(O)cc2)cc1. The van der Waals surface area contributed by atoms with Crippen molar-refractivity contribution in [1.82, 2.24) is 0 Å². The monoisotopic (exact) mass is 501 g/mol. The van der Waals surface area contributed by atoms with Crippen molar-refractivity contribution in [1.29, 1.82) is 0 Å². The summed E-state index contributed by atoms with van der Waals surface area (Å²) in [6.45, 7) is 4.52. The van der Waals surface area contributed by atoms with Gasteiger partial charge in [-0.1, -0.05) is 19.1 Å². The summed E-state index contributed by atoms with van der Waals surface area (Å²) in [5.74, 6) is -1.88. The van der Waals surface area contributed by atoms with Crippen LogP contribution in [0.5, 0.6) is 11.5 Å². The first kappa shape index (κ1) is 25.5. The molecule has 3 aromatic rings. The second-order valence-corrected chi connectivity index (χ2v) is 8.40. The highest BCUT2D eigenvalue weighted by Gasteiger charge is 2.47. The molecule has 1 aliphatic heterocycles. The van der Waals surface area contributed by atoms with Gasteiger partial charge in [-0.3, -0.25) is 14.5 Å². The minimum Gasteiger partial charge on any atom is -0.508 e. The largest absolute Gasteiger partial charge is 0.508 e. The number of aliphatic hydroxyl groups excluding tert-OH is 1. The van der Waals surface area contributed by atoms with Crippen LogP contribution in [0.25, 0.3) is 5.76 Å².